The normalized spacial score (nSPS) is 14.6. The third kappa shape index (κ3) is 2.56. The molecule has 3 heterocycles. The van der Waals surface area contributed by atoms with Crippen LogP contribution in [-0.2, 0) is 11.8 Å². The maximum atomic E-state index is 12.1. The number of hydrogen-bond acceptors (Lipinski definition) is 5. The summed E-state index contributed by atoms with van der Waals surface area (Å²) < 4.78 is 7.07. The largest absolute Gasteiger partial charge is 0.333 e. The molecule has 4 rings (SSSR count). The van der Waals surface area contributed by atoms with Crippen molar-refractivity contribution in [3.05, 3.63) is 35.5 Å². The maximum absolute atomic E-state index is 12.1. The molecular weight excluding hydrogens is 330 g/mol. The van der Waals surface area contributed by atoms with Crippen LogP contribution < -0.4 is 4.90 Å². The van der Waals surface area contributed by atoms with Gasteiger partial charge in [-0.1, -0.05) is 16.8 Å². The lowest BCUT2D eigenvalue weighted by Gasteiger charge is -2.18. The number of nitrogens with zero attached hydrogens (tertiary/aromatic N) is 5. The Hall–Kier alpha value is -2.67. The summed E-state index contributed by atoms with van der Waals surface area (Å²) in [6, 6.07) is 7.09. The lowest BCUT2D eigenvalue weighted by molar-refractivity contribution is -0.117. The standard InChI is InChI=1S/C16H14ClN5O2/c1-21-8-6-12(19-21)15-18-16(24-20-15)11-5-4-10(17)9-13(11)22-7-2-3-14(22)23/h4-6,8-9H,2-3,7H2,1H3. The minimum absolute atomic E-state index is 0.0722. The zero-order valence-corrected chi connectivity index (χ0v) is 13.7. The van der Waals surface area contributed by atoms with E-state index in [1.54, 1.807) is 33.8 Å². The van der Waals surface area contributed by atoms with Crippen molar-refractivity contribution in [2.45, 2.75) is 12.8 Å². The van der Waals surface area contributed by atoms with Gasteiger partial charge in [0.05, 0.1) is 11.3 Å². The first-order valence-corrected chi connectivity index (χ1v) is 7.93. The molecule has 3 aromatic rings. The molecule has 0 bridgehead atoms. The molecule has 1 amide bonds. The van der Waals surface area contributed by atoms with Gasteiger partial charge in [0.2, 0.25) is 11.7 Å². The summed E-state index contributed by atoms with van der Waals surface area (Å²) in [6.45, 7) is 0.660. The Morgan fingerprint density at radius 1 is 1.29 bits per heavy atom. The summed E-state index contributed by atoms with van der Waals surface area (Å²) in [5.41, 5.74) is 2.01. The van der Waals surface area contributed by atoms with Crippen LogP contribution >= 0.6 is 11.6 Å². The number of carbonyl (C=O) groups is 1. The van der Waals surface area contributed by atoms with Crippen molar-refractivity contribution in [2.24, 2.45) is 7.05 Å². The van der Waals surface area contributed by atoms with Gasteiger partial charge in [0.25, 0.3) is 5.89 Å². The molecule has 0 radical (unpaired) electrons. The van der Waals surface area contributed by atoms with Gasteiger partial charge >= 0.3 is 0 Å². The molecule has 0 saturated carbocycles. The Labute approximate surface area is 142 Å². The van der Waals surface area contributed by atoms with E-state index in [4.69, 9.17) is 16.1 Å². The van der Waals surface area contributed by atoms with E-state index in [0.717, 1.165) is 6.42 Å². The molecule has 1 aromatic carbocycles. The van der Waals surface area contributed by atoms with E-state index in [1.807, 2.05) is 13.2 Å². The first-order valence-electron chi connectivity index (χ1n) is 7.56. The van der Waals surface area contributed by atoms with Gasteiger partial charge in [-0.2, -0.15) is 10.1 Å². The minimum Gasteiger partial charge on any atom is -0.333 e. The van der Waals surface area contributed by atoms with Crippen LogP contribution in [0.5, 0.6) is 0 Å². The maximum Gasteiger partial charge on any atom is 0.260 e. The third-order valence-electron chi connectivity index (χ3n) is 3.92. The second-order valence-electron chi connectivity index (χ2n) is 5.61. The van der Waals surface area contributed by atoms with Crippen LogP contribution in [0.15, 0.2) is 35.0 Å². The van der Waals surface area contributed by atoms with Gasteiger partial charge in [-0.15, -0.1) is 0 Å². The van der Waals surface area contributed by atoms with Crippen molar-refractivity contribution in [2.75, 3.05) is 11.4 Å². The van der Waals surface area contributed by atoms with E-state index in [1.165, 1.54) is 0 Å². The van der Waals surface area contributed by atoms with Gasteiger partial charge in [-0.25, -0.2) is 0 Å². The van der Waals surface area contributed by atoms with Crippen LogP contribution in [0, 0.1) is 0 Å². The fraction of sp³-hybridized carbons (Fsp3) is 0.250. The lowest BCUT2D eigenvalue weighted by Crippen LogP contribution is -2.24. The Balaban J connectivity index is 1.77. The Bertz CT molecular complexity index is 917. The summed E-state index contributed by atoms with van der Waals surface area (Å²) >= 11 is 6.12. The lowest BCUT2D eigenvalue weighted by atomic mass is 10.1. The molecule has 0 atom stereocenters. The zero-order chi connectivity index (χ0) is 16.7. The number of carbonyl (C=O) groups excluding carboxylic acids is 1. The molecule has 0 unspecified atom stereocenters. The number of halogens is 1. The molecule has 1 saturated heterocycles. The Morgan fingerprint density at radius 3 is 2.88 bits per heavy atom. The van der Waals surface area contributed by atoms with Crippen LogP contribution in [0.3, 0.4) is 0 Å². The van der Waals surface area contributed by atoms with Crippen molar-refractivity contribution in [1.82, 2.24) is 19.9 Å². The number of hydrogen-bond donors (Lipinski definition) is 0. The second kappa shape index (κ2) is 5.76. The van der Waals surface area contributed by atoms with Crippen molar-refractivity contribution < 1.29 is 9.32 Å². The number of amides is 1. The van der Waals surface area contributed by atoms with E-state index < -0.39 is 0 Å². The van der Waals surface area contributed by atoms with Gasteiger partial charge in [0.1, 0.15) is 5.69 Å². The summed E-state index contributed by atoms with van der Waals surface area (Å²) in [4.78, 5) is 18.2. The predicted molar refractivity (Wildman–Crippen MR) is 88.5 cm³/mol. The van der Waals surface area contributed by atoms with Gasteiger partial charge in [-0.05, 0) is 30.7 Å². The molecule has 8 heteroatoms. The van der Waals surface area contributed by atoms with Crippen LogP contribution in [0.25, 0.3) is 23.0 Å². The SMILES string of the molecule is Cn1ccc(-c2noc(-c3ccc(Cl)cc3N3CCCC3=O)n2)n1. The molecule has 1 aliphatic rings. The number of aromatic nitrogens is 4. The minimum atomic E-state index is 0.0722. The topological polar surface area (TPSA) is 77.0 Å². The quantitative estimate of drug-likeness (QED) is 0.730. The van der Waals surface area contributed by atoms with Crippen LogP contribution in [0.1, 0.15) is 12.8 Å². The highest BCUT2D eigenvalue weighted by Gasteiger charge is 2.26. The van der Waals surface area contributed by atoms with Gasteiger partial charge < -0.3 is 9.42 Å². The van der Waals surface area contributed by atoms with Gasteiger partial charge in [0.15, 0.2) is 0 Å². The molecule has 122 valence electrons. The summed E-state index contributed by atoms with van der Waals surface area (Å²) in [5.74, 6) is 0.809. The highest BCUT2D eigenvalue weighted by molar-refractivity contribution is 6.31. The molecule has 1 fully saturated rings. The molecule has 0 aliphatic carbocycles. The van der Waals surface area contributed by atoms with Gasteiger partial charge in [-0.3, -0.25) is 9.48 Å². The molecule has 0 N–H and O–H groups in total. The van der Waals surface area contributed by atoms with E-state index in [-0.39, 0.29) is 5.91 Å². The fourth-order valence-electron chi connectivity index (χ4n) is 2.78. The van der Waals surface area contributed by atoms with Crippen molar-refractivity contribution >= 4 is 23.2 Å². The predicted octanol–water partition coefficient (Wildman–Crippen LogP) is 2.92. The number of aryl methyl sites for hydroxylation is 1. The molecule has 24 heavy (non-hydrogen) atoms. The Kier molecular flexibility index (Phi) is 3.57. The fourth-order valence-corrected chi connectivity index (χ4v) is 2.95. The number of rotatable bonds is 3. The van der Waals surface area contributed by atoms with Crippen LogP contribution in [0.4, 0.5) is 5.69 Å². The average molecular weight is 344 g/mol. The van der Waals surface area contributed by atoms with Crippen LogP contribution in [-0.4, -0.2) is 32.4 Å². The average Bonchev–Trinajstić information content (AvgIpc) is 3.27. The highest BCUT2D eigenvalue weighted by atomic mass is 35.5. The van der Waals surface area contributed by atoms with Gasteiger partial charge in [0, 0.05) is 31.2 Å². The summed E-state index contributed by atoms with van der Waals surface area (Å²) in [7, 11) is 1.82. The molecule has 0 spiro atoms. The van der Waals surface area contributed by atoms with E-state index in [2.05, 4.69) is 15.2 Å². The highest BCUT2D eigenvalue weighted by Crippen LogP contribution is 2.35. The van der Waals surface area contributed by atoms with Crippen molar-refractivity contribution in [1.29, 1.82) is 0 Å². The smallest absolute Gasteiger partial charge is 0.260 e. The van der Waals surface area contributed by atoms with E-state index in [9.17, 15) is 4.79 Å². The third-order valence-corrected chi connectivity index (χ3v) is 4.16. The molecule has 2 aromatic heterocycles. The first-order chi connectivity index (χ1) is 11.6. The van der Waals surface area contributed by atoms with Crippen molar-refractivity contribution in [3.8, 4) is 23.0 Å². The summed E-state index contributed by atoms with van der Waals surface area (Å²) in [6.07, 6.45) is 3.17. The zero-order valence-electron chi connectivity index (χ0n) is 12.9. The number of benzene rings is 1. The molecule has 7 nitrogen and oxygen atoms in total. The second-order valence-corrected chi connectivity index (χ2v) is 6.04. The number of anilines is 1. The van der Waals surface area contributed by atoms with E-state index in [0.29, 0.717) is 46.6 Å². The van der Waals surface area contributed by atoms with Crippen LogP contribution in [0.2, 0.25) is 5.02 Å². The first kappa shape index (κ1) is 14.9. The monoisotopic (exact) mass is 343 g/mol. The summed E-state index contributed by atoms with van der Waals surface area (Å²) in [5, 5.41) is 8.80. The molecular formula is C16H14ClN5O2. The molecule has 1 aliphatic heterocycles. The van der Waals surface area contributed by atoms with Crippen molar-refractivity contribution in [3.63, 3.8) is 0 Å². The van der Waals surface area contributed by atoms with E-state index >= 15 is 0 Å². The Morgan fingerprint density at radius 2 is 2.17 bits per heavy atom.